The van der Waals surface area contributed by atoms with Crippen LogP contribution in [-0.4, -0.2) is 32.6 Å². The first-order chi connectivity index (χ1) is 20.5. The van der Waals surface area contributed by atoms with E-state index in [1.807, 2.05) is 0 Å². The molecule has 6 nitrogen and oxygen atoms in total. The molecule has 4 aromatic carbocycles. The molecule has 44 heavy (non-hydrogen) atoms. The lowest BCUT2D eigenvalue weighted by atomic mass is 9.91. The fourth-order valence-corrected chi connectivity index (χ4v) is 6.45. The van der Waals surface area contributed by atoms with Crippen molar-refractivity contribution in [2.75, 3.05) is 4.31 Å². The van der Waals surface area contributed by atoms with E-state index >= 15 is 0 Å². The molecule has 0 N–H and O–H groups in total. The van der Waals surface area contributed by atoms with Crippen molar-refractivity contribution in [3.8, 4) is 0 Å². The second-order valence-corrected chi connectivity index (χ2v) is 12.5. The Morgan fingerprint density at radius 1 is 0.636 bits per heavy atom. The molecule has 0 fully saturated rings. The van der Waals surface area contributed by atoms with Crippen LogP contribution in [0.25, 0.3) is 0 Å². The zero-order chi connectivity index (χ0) is 32.5. The molecule has 230 valence electrons. The average molecular weight is 765 g/mol. The van der Waals surface area contributed by atoms with Gasteiger partial charge in [0.1, 0.15) is 0 Å². The number of ether oxygens (including phenoxy) is 1. The smallest absolute Gasteiger partial charge is 0.431 e. The van der Waals surface area contributed by atoms with Crippen molar-refractivity contribution in [3.63, 3.8) is 0 Å². The Labute approximate surface area is 263 Å². The van der Waals surface area contributed by atoms with Gasteiger partial charge < -0.3 is 4.74 Å². The average Bonchev–Trinajstić information content (AvgIpc) is 2.96. The number of esters is 1. The zero-order valence-corrected chi connectivity index (χ0v) is 25.7. The number of hydrogen-bond acceptors (Lipinski definition) is 5. The molecule has 4 aromatic rings. The number of nitrogens with zero attached hydrogens (tertiary/aromatic N) is 1. The summed E-state index contributed by atoms with van der Waals surface area (Å²) in [6, 6.07) is 18.7. The van der Waals surface area contributed by atoms with Crippen molar-refractivity contribution in [1.82, 2.24) is 0 Å². The van der Waals surface area contributed by atoms with Gasteiger partial charge in [0, 0.05) is 14.5 Å². The van der Waals surface area contributed by atoms with E-state index < -0.39 is 56.7 Å². The van der Waals surface area contributed by atoms with E-state index in [1.165, 1.54) is 60.7 Å². The number of rotatable bonds is 7. The summed E-state index contributed by atoms with van der Waals surface area (Å²) in [5.74, 6) is -3.10. The fraction of sp³-hybridized carbons (Fsp3) is 0.103. The Hall–Kier alpha value is -3.69. The Morgan fingerprint density at radius 3 is 1.57 bits per heavy atom. The minimum absolute atomic E-state index is 0.119. The van der Waals surface area contributed by atoms with Crippen molar-refractivity contribution in [2.24, 2.45) is 0 Å². The van der Waals surface area contributed by atoms with Crippen LogP contribution in [0.3, 0.4) is 0 Å². The Morgan fingerprint density at radius 2 is 1.09 bits per heavy atom. The molecule has 0 heterocycles. The molecule has 4 rings (SSSR count). The van der Waals surface area contributed by atoms with Gasteiger partial charge in [-0.2, -0.15) is 30.6 Å². The molecule has 0 spiro atoms. The first-order valence-electron chi connectivity index (χ1n) is 12.1. The van der Waals surface area contributed by atoms with Crippen molar-refractivity contribution in [2.45, 2.75) is 22.8 Å². The van der Waals surface area contributed by atoms with Crippen molar-refractivity contribution in [3.05, 3.63) is 129 Å². The molecule has 0 unspecified atom stereocenters. The number of anilines is 1. The molecule has 15 heteroatoms. The summed E-state index contributed by atoms with van der Waals surface area (Å²) >= 11 is 6.05. The van der Waals surface area contributed by atoms with Gasteiger partial charge in [0.2, 0.25) is 0 Å². The lowest BCUT2D eigenvalue weighted by Gasteiger charge is -2.37. The minimum Gasteiger partial charge on any atom is -0.431 e. The molecule has 0 saturated heterocycles. The normalized spacial score (nSPS) is 12.5. The molecular weight excluding hydrogens is 748 g/mol. The molecule has 0 aromatic heterocycles. The maximum Gasteiger partial charge on any atom is 0.442 e. The Bertz CT molecular complexity index is 1780. The monoisotopic (exact) mass is 763 g/mol. The van der Waals surface area contributed by atoms with Gasteiger partial charge in [-0.05, 0) is 80.4 Å². The maximum absolute atomic E-state index is 14.4. The van der Waals surface area contributed by atoms with Crippen LogP contribution >= 0.6 is 31.9 Å². The standard InChI is InChI=1S/C29H17Br2F6NO5S/c30-23-12-6-4-10-21(23)25(39)38(44(41,42)20-8-2-1-3-9-20)19-16-14-18(15-17-19)27(28(32,33)34,29(35,36)37)43-26(40)22-11-5-7-13-24(22)31/h1-17H. The number of carbonyl (C=O) groups is 2. The highest BCUT2D eigenvalue weighted by molar-refractivity contribution is 9.10. The van der Waals surface area contributed by atoms with Crippen molar-refractivity contribution in [1.29, 1.82) is 0 Å². The summed E-state index contributed by atoms with van der Waals surface area (Å²) in [6.07, 6.45) is -12.5. The molecular formula is C29H17Br2F6NO5S. The summed E-state index contributed by atoms with van der Waals surface area (Å²) in [7, 11) is -4.76. The fourth-order valence-electron chi connectivity index (χ4n) is 4.12. The number of benzene rings is 4. The summed E-state index contributed by atoms with van der Waals surface area (Å²) < 4.78 is 118. The summed E-state index contributed by atoms with van der Waals surface area (Å²) in [5, 5.41) is 0. The van der Waals surface area contributed by atoms with Gasteiger partial charge in [0.05, 0.1) is 21.7 Å². The van der Waals surface area contributed by atoms with Crippen LogP contribution < -0.4 is 4.31 Å². The molecule has 0 saturated carbocycles. The van der Waals surface area contributed by atoms with Gasteiger partial charge >= 0.3 is 23.9 Å². The van der Waals surface area contributed by atoms with Gasteiger partial charge in [-0.1, -0.05) is 54.6 Å². The molecule has 0 atom stereocenters. The van der Waals surface area contributed by atoms with Gasteiger partial charge in [-0.3, -0.25) is 4.79 Å². The number of alkyl halides is 6. The third-order valence-corrected chi connectivity index (χ3v) is 9.32. The van der Waals surface area contributed by atoms with E-state index in [-0.39, 0.29) is 23.7 Å². The lowest BCUT2D eigenvalue weighted by Crippen LogP contribution is -2.57. The van der Waals surface area contributed by atoms with Gasteiger partial charge in [0.25, 0.3) is 15.9 Å². The Balaban J connectivity index is 1.90. The predicted octanol–water partition coefficient (Wildman–Crippen LogP) is 8.42. The highest BCUT2D eigenvalue weighted by atomic mass is 79.9. The molecule has 0 bridgehead atoms. The summed E-state index contributed by atoms with van der Waals surface area (Å²) in [4.78, 5) is 25.9. The van der Waals surface area contributed by atoms with Gasteiger partial charge in [0.15, 0.2) is 0 Å². The molecule has 1 amide bonds. The second-order valence-electron chi connectivity index (χ2n) is 8.96. The van der Waals surface area contributed by atoms with Crippen LogP contribution in [0.15, 0.2) is 117 Å². The molecule has 0 aliphatic heterocycles. The van der Waals surface area contributed by atoms with Crippen molar-refractivity contribution >= 4 is 59.4 Å². The van der Waals surface area contributed by atoms with E-state index in [4.69, 9.17) is 0 Å². The highest BCUT2D eigenvalue weighted by Crippen LogP contribution is 2.53. The van der Waals surface area contributed by atoms with Crippen molar-refractivity contribution < 1.29 is 49.1 Å². The van der Waals surface area contributed by atoms with Crippen LogP contribution in [-0.2, 0) is 20.4 Å². The maximum atomic E-state index is 14.4. The van der Waals surface area contributed by atoms with Crippen LogP contribution in [0.4, 0.5) is 32.0 Å². The first kappa shape index (κ1) is 33.2. The van der Waals surface area contributed by atoms with Crippen LogP contribution in [0.2, 0.25) is 0 Å². The first-order valence-corrected chi connectivity index (χ1v) is 15.2. The number of hydrogen-bond donors (Lipinski definition) is 0. The SMILES string of the molecule is O=C(OC(c1ccc(N(C(=O)c2ccccc2Br)S(=O)(=O)c2ccccc2)cc1)(C(F)(F)F)C(F)(F)F)c1ccccc1Br. The second kappa shape index (κ2) is 12.4. The van der Waals surface area contributed by atoms with Gasteiger partial charge in [-0.15, -0.1) is 0 Å². The van der Waals surface area contributed by atoms with E-state index in [9.17, 15) is 44.3 Å². The number of carbonyl (C=O) groups excluding carboxylic acids is 2. The number of amides is 1. The largest absolute Gasteiger partial charge is 0.442 e. The van der Waals surface area contributed by atoms with E-state index in [0.717, 1.165) is 18.2 Å². The third-order valence-electron chi connectivity index (χ3n) is 6.22. The number of halogens is 8. The molecule has 0 radical (unpaired) electrons. The van der Waals surface area contributed by atoms with Crippen LogP contribution in [0.5, 0.6) is 0 Å². The third kappa shape index (κ3) is 6.13. The van der Waals surface area contributed by atoms with Gasteiger partial charge in [-0.25, -0.2) is 13.2 Å². The summed E-state index contributed by atoms with van der Waals surface area (Å²) in [5.41, 5.74) is -8.12. The van der Waals surface area contributed by atoms with Crippen LogP contribution in [0.1, 0.15) is 26.3 Å². The molecule has 0 aliphatic rings. The quantitative estimate of drug-likeness (QED) is 0.140. The summed E-state index contributed by atoms with van der Waals surface area (Å²) in [6.45, 7) is 0. The van der Waals surface area contributed by atoms with E-state index in [0.29, 0.717) is 24.3 Å². The van der Waals surface area contributed by atoms with E-state index in [2.05, 4.69) is 36.6 Å². The lowest BCUT2D eigenvalue weighted by molar-refractivity contribution is -0.373. The minimum atomic E-state index is -6.23. The molecule has 0 aliphatic carbocycles. The predicted molar refractivity (Wildman–Crippen MR) is 154 cm³/mol. The van der Waals surface area contributed by atoms with E-state index in [1.54, 1.807) is 0 Å². The highest BCUT2D eigenvalue weighted by Gasteiger charge is 2.75. The topological polar surface area (TPSA) is 80.8 Å². The number of sulfonamides is 1. The zero-order valence-electron chi connectivity index (χ0n) is 21.7. The Kier molecular flexibility index (Phi) is 9.33. The van der Waals surface area contributed by atoms with Crippen LogP contribution in [0, 0.1) is 0 Å².